The number of hydrogen-bond donors (Lipinski definition) is 1. The largest absolute Gasteiger partial charge is 0.481 e. The summed E-state index contributed by atoms with van der Waals surface area (Å²) in [4.78, 5) is 12.4. The first kappa shape index (κ1) is 16.1. The molecular weight excluding hydrogens is 274 g/mol. The SMILES string of the molecule is CCc1ccccc1NC(=O)[C@H](CC)Oc1ccc(C)cc1. The minimum Gasteiger partial charge on any atom is -0.481 e. The summed E-state index contributed by atoms with van der Waals surface area (Å²) >= 11 is 0. The molecule has 2 aromatic carbocycles. The summed E-state index contributed by atoms with van der Waals surface area (Å²) in [5.74, 6) is 0.611. The van der Waals surface area contributed by atoms with E-state index in [-0.39, 0.29) is 5.91 Å². The molecule has 0 aromatic heterocycles. The molecule has 3 heteroatoms. The van der Waals surface area contributed by atoms with E-state index in [0.29, 0.717) is 6.42 Å². The monoisotopic (exact) mass is 297 g/mol. The van der Waals surface area contributed by atoms with Gasteiger partial charge in [0.2, 0.25) is 0 Å². The van der Waals surface area contributed by atoms with Crippen molar-refractivity contribution < 1.29 is 9.53 Å². The first-order valence-corrected chi connectivity index (χ1v) is 7.76. The quantitative estimate of drug-likeness (QED) is 0.860. The van der Waals surface area contributed by atoms with Crippen molar-refractivity contribution in [2.24, 2.45) is 0 Å². The van der Waals surface area contributed by atoms with Crippen molar-refractivity contribution in [3.05, 3.63) is 59.7 Å². The van der Waals surface area contributed by atoms with Crippen LogP contribution >= 0.6 is 0 Å². The van der Waals surface area contributed by atoms with Crippen LogP contribution in [0.3, 0.4) is 0 Å². The molecule has 0 aliphatic carbocycles. The van der Waals surface area contributed by atoms with Crippen LogP contribution in [0.5, 0.6) is 5.75 Å². The maximum Gasteiger partial charge on any atom is 0.265 e. The van der Waals surface area contributed by atoms with Crippen molar-refractivity contribution in [2.45, 2.75) is 39.7 Å². The zero-order valence-corrected chi connectivity index (χ0v) is 13.4. The molecule has 1 amide bonds. The van der Waals surface area contributed by atoms with E-state index in [9.17, 15) is 4.79 Å². The van der Waals surface area contributed by atoms with Crippen LogP contribution in [-0.4, -0.2) is 12.0 Å². The Labute approximate surface area is 132 Å². The van der Waals surface area contributed by atoms with E-state index >= 15 is 0 Å². The van der Waals surface area contributed by atoms with Gasteiger partial charge in [0.05, 0.1) is 0 Å². The predicted molar refractivity (Wildman–Crippen MR) is 90.3 cm³/mol. The highest BCUT2D eigenvalue weighted by Gasteiger charge is 2.19. The average Bonchev–Trinajstić information content (AvgIpc) is 2.54. The highest BCUT2D eigenvalue weighted by molar-refractivity contribution is 5.95. The number of aryl methyl sites for hydroxylation is 2. The third kappa shape index (κ3) is 4.10. The second-order valence-electron chi connectivity index (χ2n) is 5.33. The maximum atomic E-state index is 12.4. The molecule has 0 radical (unpaired) electrons. The predicted octanol–water partition coefficient (Wildman–Crippen LogP) is 4.35. The molecule has 0 bridgehead atoms. The van der Waals surface area contributed by atoms with Gasteiger partial charge >= 0.3 is 0 Å². The van der Waals surface area contributed by atoms with E-state index in [0.717, 1.165) is 23.4 Å². The molecule has 1 atom stereocenters. The third-order valence-corrected chi connectivity index (χ3v) is 3.62. The molecule has 22 heavy (non-hydrogen) atoms. The van der Waals surface area contributed by atoms with Crippen LogP contribution in [-0.2, 0) is 11.2 Å². The molecule has 2 aromatic rings. The Kier molecular flexibility index (Phi) is 5.59. The lowest BCUT2D eigenvalue weighted by Crippen LogP contribution is -2.32. The zero-order chi connectivity index (χ0) is 15.9. The fraction of sp³-hybridized carbons (Fsp3) is 0.316. The molecule has 0 fully saturated rings. The van der Waals surface area contributed by atoms with E-state index < -0.39 is 6.10 Å². The van der Waals surface area contributed by atoms with Gasteiger partial charge in [-0.15, -0.1) is 0 Å². The number of anilines is 1. The first-order chi connectivity index (χ1) is 10.6. The molecule has 0 aliphatic rings. The average molecular weight is 297 g/mol. The number of benzene rings is 2. The summed E-state index contributed by atoms with van der Waals surface area (Å²) in [5, 5.41) is 2.98. The molecule has 1 N–H and O–H groups in total. The number of amides is 1. The number of carbonyl (C=O) groups is 1. The van der Waals surface area contributed by atoms with Crippen LogP contribution < -0.4 is 10.1 Å². The minimum atomic E-state index is -0.493. The first-order valence-electron chi connectivity index (χ1n) is 7.76. The Hall–Kier alpha value is -2.29. The Morgan fingerprint density at radius 3 is 2.41 bits per heavy atom. The number of rotatable bonds is 6. The fourth-order valence-electron chi connectivity index (χ4n) is 2.27. The minimum absolute atomic E-state index is 0.107. The van der Waals surface area contributed by atoms with E-state index in [1.54, 1.807) is 0 Å². The van der Waals surface area contributed by atoms with Gasteiger partial charge in [-0.1, -0.05) is 49.7 Å². The summed E-state index contributed by atoms with van der Waals surface area (Å²) in [7, 11) is 0. The lowest BCUT2D eigenvalue weighted by Gasteiger charge is -2.18. The van der Waals surface area contributed by atoms with Gasteiger partial charge in [0.1, 0.15) is 5.75 Å². The number of nitrogens with one attached hydrogen (secondary N) is 1. The maximum absolute atomic E-state index is 12.4. The summed E-state index contributed by atoms with van der Waals surface area (Å²) in [6.07, 6.45) is 1.01. The highest BCUT2D eigenvalue weighted by atomic mass is 16.5. The van der Waals surface area contributed by atoms with Crippen molar-refractivity contribution in [3.8, 4) is 5.75 Å². The lowest BCUT2D eigenvalue weighted by atomic mass is 10.1. The summed E-state index contributed by atoms with van der Waals surface area (Å²) < 4.78 is 5.81. The van der Waals surface area contributed by atoms with Crippen LogP contribution in [0.15, 0.2) is 48.5 Å². The van der Waals surface area contributed by atoms with Crippen molar-refractivity contribution in [1.29, 1.82) is 0 Å². The van der Waals surface area contributed by atoms with Crippen molar-refractivity contribution in [1.82, 2.24) is 0 Å². The van der Waals surface area contributed by atoms with E-state index in [1.165, 1.54) is 5.56 Å². The normalized spacial score (nSPS) is 11.8. The smallest absolute Gasteiger partial charge is 0.265 e. The van der Waals surface area contributed by atoms with Crippen LogP contribution in [0.2, 0.25) is 0 Å². The van der Waals surface area contributed by atoms with E-state index in [4.69, 9.17) is 4.74 Å². The van der Waals surface area contributed by atoms with Gasteiger partial charge in [0.15, 0.2) is 6.10 Å². The molecule has 0 saturated heterocycles. The van der Waals surface area contributed by atoms with Crippen molar-refractivity contribution in [2.75, 3.05) is 5.32 Å². The zero-order valence-electron chi connectivity index (χ0n) is 13.4. The van der Waals surface area contributed by atoms with Gasteiger partial charge in [0, 0.05) is 5.69 Å². The Morgan fingerprint density at radius 1 is 1.09 bits per heavy atom. The Balaban J connectivity index is 2.07. The molecule has 0 saturated carbocycles. The molecule has 0 aliphatic heterocycles. The van der Waals surface area contributed by atoms with Gasteiger partial charge in [-0.2, -0.15) is 0 Å². The second-order valence-corrected chi connectivity index (χ2v) is 5.33. The second kappa shape index (κ2) is 7.64. The summed E-state index contributed by atoms with van der Waals surface area (Å²) in [5.41, 5.74) is 3.16. The van der Waals surface area contributed by atoms with Gasteiger partial charge < -0.3 is 10.1 Å². The molecule has 116 valence electrons. The van der Waals surface area contributed by atoms with Crippen molar-refractivity contribution in [3.63, 3.8) is 0 Å². The van der Waals surface area contributed by atoms with Crippen molar-refractivity contribution >= 4 is 11.6 Å². The van der Waals surface area contributed by atoms with Crippen LogP contribution in [0.1, 0.15) is 31.4 Å². The summed E-state index contributed by atoms with van der Waals surface area (Å²) in [6.45, 7) is 6.05. The van der Waals surface area contributed by atoms with E-state index in [2.05, 4.69) is 12.2 Å². The molecule has 0 heterocycles. The lowest BCUT2D eigenvalue weighted by molar-refractivity contribution is -0.122. The summed E-state index contributed by atoms with van der Waals surface area (Å²) in [6, 6.07) is 15.6. The molecular formula is C19H23NO2. The van der Waals surface area contributed by atoms with Gasteiger partial charge in [-0.05, 0) is 43.5 Å². The topological polar surface area (TPSA) is 38.3 Å². The van der Waals surface area contributed by atoms with Crippen LogP contribution in [0.25, 0.3) is 0 Å². The molecule has 3 nitrogen and oxygen atoms in total. The third-order valence-electron chi connectivity index (χ3n) is 3.62. The van der Waals surface area contributed by atoms with Gasteiger partial charge in [-0.3, -0.25) is 4.79 Å². The number of para-hydroxylation sites is 1. The Morgan fingerprint density at radius 2 is 1.77 bits per heavy atom. The highest BCUT2D eigenvalue weighted by Crippen LogP contribution is 2.18. The van der Waals surface area contributed by atoms with Gasteiger partial charge in [-0.25, -0.2) is 0 Å². The number of ether oxygens (including phenoxy) is 1. The fourth-order valence-corrected chi connectivity index (χ4v) is 2.27. The number of hydrogen-bond acceptors (Lipinski definition) is 2. The Bertz CT molecular complexity index is 620. The number of carbonyl (C=O) groups excluding carboxylic acids is 1. The van der Waals surface area contributed by atoms with Crippen LogP contribution in [0.4, 0.5) is 5.69 Å². The van der Waals surface area contributed by atoms with E-state index in [1.807, 2.05) is 62.4 Å². The van der Waals surface area contributed by atoms with Gasteiger partial charge in [0.25, 0.3) is 5.91 Å². The standard InChI is InChI=1S/C19H23NO2/c1-4-15-8-6-7-9-17(15)20-19(21)18(5-2)22-16-12-10-14(3)11-13-16/h6-13,18H,4-5H2,1-3H3,(H,20,21)/t18-/m0/s1. The molecule has 2 rings (SSSR count). The molecule has 0 unspecified atom stereocenters. The van der Waals surface area contributed by atoms with Crippen LogP contribution in [0, 0.1) is 6.92 Å². The molecule has 0 spiro atoms.